The lowest BCUT2D eigenvalue weighted by molar-refractivity contribution is -0.146. The molecule has 0 radical (unpaired) electrons. The van der Waals surface area contributed by atoms with Crippen LogP contribution in [0.1, 0.15) is 26.2 Å². The Kier molecular flexibility index (Phi) is 2.14. The van der Waals surface area contributed by atoms with Crippen LogP contribution in [-0.4, -0.2) is 12.1 Å². The maximum Gasteiger partial charge on any atom is 0.330 e. The zero-order chi connectivity index (χ0) is 9.42. The second kappa shape index (κ2) is 3.17. The maximum atomic E-state index is 11.0. The molecule has 2 fully saturated rings. The molecule has 2 bridgehead atoms. The molecule has 4 unspecified atom stereocenters. The highest BCUT2D eigenvalue weighted by atomic mass is 16.5. The van der Waals surface area contributed by atoms with E-state index in [1.807, 2.05) is 0 Å². The number of carbonyl (C=O) groups is 1. The molecule has 2 aliphatic carbocycles. The topological polar surface area (TPSA) is 26.3 Å². The van der Waals surface area contributed by atoms with E-state index in [1.165, 1.54) is 18.9 Å². The van der Waals surface area contributed by atoms with Gasteiger partial charge in [-0.25, -0.2) is 4.79 Å². The van der Waals surface area contributed by atoms with E-state index in [0.29, 0.717) is 5.92 Å². The quantitative estimate of drug-likeness (QED) is 0.481. The first kappa shape index (κ1) is 8.79. The van der Waals surface area contributed by atoms with E-state index in [9.17, 15) is 4.79 Å². The highest BCUT2D eigenvalue weighted by Crippen LogP contribution is 2.49. The molecule has 2 rings (SSSR count). The summed E-state index contributed by atoms with van der Waals surface area (Å²) in [7, 11) is 0. The second-order valence-electron chi connectivity index (χ2n) is 4.39. The molecule has 0 amide bonds. The molecule has 0 aromatic rings. The van der Waals surface area contributed by atoms with Gasteiger partial charge in [-0.1, -0.05) is 13.5 Å². The number of esters is 1. The van der Waals surface area contributed by atoms with Crippen molar-refractivity contribution >= 4 is 5.97 Å². The Hall–Kier alpha value is -0.790. The highest BCUT2D eigenvalue weighted by Gasteiger charge is 2.45. The first-order chi connectivity index (χ1) is 6.20. The minimum absolute atomic E-state index is 0.180. The molecule has 0 spiro atoms. The molecule has 2 heteroatoms. The number of carbonyl (C=O) groups excluding carboxylic acids is 1. The van der Waals surface area contributed by atoms with Crippen molar-refractivity contribution in [3.05, 3.63) is 12.7 Å². The van der Waals surface area contributed by atoms with E-state index in [0.717, 1.165) is 18.3 Å². The number of hydrogen-bond acceptors (Lipinski definition) is 2. The van der Waals surface area contributed by atoms with Gasteiger partial charge in [0.2, 0.25) is 0 Å². The van der Waals surface area contributed by atoms with Gasteiger partial charge in [-0.15, -0.1) is 0 Å². The maximum absolute atomic E-state index is 11.0. The van der Waals surface area contributed by atoms with Crippen molar-refractivity contribution in [2.45, 2.75) is 32.3 Å². The monoisotopic (exact) mass is 180 g/mol. The molecule has 4 atom stereocenters. The van der Waals surface area contributed by atoms with Gasteiger partial charge in [-0.3, -0.25) is 0 Å². The van der Waals surface area contributed by atoms with Gasteiger partial charge >= 0.3 is 5.97 Å². The predicted octanol–water partition coefficient (Wildman–Crippen LogP) is 2.15. The van der Waals surface area contributed by atoms with Crippen molar-refractivity contribution in [3.63, 3.8) is 0 Å². The van der Waals surface area contributed by atoms with Gasteiger partial charge in [0.05, 0.1) is 0 Å². The van der Waals surface area contributed by atoms with Crippen molar-refractivity contribution in [1.82, 2.24) is 0 Å². The number of fused-ring (bicyclic) bond motifs is 2. The van der Waals surface area contributed by atoms with Crippen LogP contribution in [0.5, 0.6) is 0 Å². The third-order valence-electron chi connectivity index (χ3n) is 3.52. The third-order valence-corrected chi connectivity index (χ3v) is 3.52. The molecule has 0 aliphatic heterocycles. The molecule has 0 aromatic carbocycles. The summed E-state index contributed by atoms with van der Waals surface area (Å²) in [5, 5.41) is 0. The lowest BCUT2D eigenvalue weighted by Crippen LogP contribution is -2.27. The predicted molar refractivity (Wildman–Crippen MR) is 50.1 cm³/mol. The van der Waals surface area contributed by atoms with Crippen LogP contribution in [0.25, 0.3) is 0 Å². The zero-order valence-electron chi connectivity index (χ0n) is 8.03. The summed E-state index contributed by atoms with van der Waals surface area (Å²) in [5.74, 6) is 1.91. The Balaban J connectivity index is 1.95. The van der Waals surface area contributed by atoms with Gasteiger partial charge in [0, 0.05) is 6.08 Å². The van der Waals surface area contributed by atoms with E-state index in [4.69, 9.17) is 4.74 Å². The van der Waals surface area contributed by atoms with Crippen molar-refractivity contribution in [2.24, 2.45) is 17.8 Å². The Morgan fingerprint density at radius 2 is 2.23 bits per heavy atom. The second-order valence-corrected chi connectivity index (χ2v) is 4.39. The lowest BCUT2D eigenvalue weighted by atomic mass is 9.88. The SMILES string of the molecule is C=CC(=O)OC1CC2CC(C)C1C2. The average molecular weight is 180 g/mol. The molecule has 2 aliphatic rings. The van der Waals surface area contributed by atoms with E-state index in [-0.39, 0.29) is 12.1 Å². The van der Waals surface area contributed by atoms with Crippen LogP contribution in [0.2, 0.25) is 0 Å². The van der Waals surface area contributed by atoms with Gasteiger partial charge in [-0.2, -0.15) is 0 Å². The van der Waals surface area contributed by atoms with Crippen LogP contribution in [0.15, 0.2) is 12.7 Å². The van der Waals surface area contributed by atoms with E-state index in [1.54, 1.807) is 0 Å². The number of hydrogen-bond donors (Lipinski definition) is 0. The molecule has 2 nitrogen and oxygen atoms in total. The fourth-order valence-corrected chi connectivity index (χ4v) is 2.96. The number of ether oxygens (including phenoxy) is 1. The molecule has 0 N–H and O–H groups in total. The van der Waals surface area contributed by atoms with Gasteiger partial charge < -0.3 is 4.74 Å². The largest absolute Gasteiger partial charge is 0.459 e. The highest BCUT2D eigenvalue weighted by molar-refractivity contribution is 5.81. The molecular formula is C11H16O2. The first-order valence-corrected chi connectivity index (χ1v) is 5.03. The molecule has 13 heavy (non-hydrogen) atoms. The van der Waals surface area contributed by atoms with Crippen LogP contribution in [0.3, 0.4) is 0 Å². The van der Waals surface area contributed by atoms with Crippen LogP contribution in [0, 0.1) is 17.8 Å². The van der Waals surface area contributed by atoms with Gasteiger partial charge in [0.1, 0.15) is 6.10 Å². The minimum atomic E-state index is -0.259. The molecule has 72 valence electrons. The fourth-order valence-electron chi connectivity index (χ4n) is 2.96. The normalized spacial score (nSPS) is 41.9. The lowest BCUT2D eigenvalue weighted by Gasteiger charge is -2.26. The Morgan fingerprint density at radius 1 is 1.46 bits per heavy atom. The zero-order valence-corrected chi connectivity index (χ0v) is 8.03. The summed E-state index contributed by atoms with van der Waals surface area (Å²) in [6.45, 7) is 5.67. The van der Waals surface area contributed by atoms with E-state index in [2.05, 4.69) is 13.5 Å². The van der Waals surface area contributed by atoms with Gasteiger partial charge in [0.25, 0.3) is 0 Å². The molecule has 0 aromatic heterocycles. The van der Waals surface area contributed by atoms with Crippen molar-refractivity contribution in [3.8, 4) is 0 Å². The smallest absolute Gasteiger partial charge is 0.330 e. The number of rotatable bonds is 2. The van der Waals surface area contributed by atoms with Crippen LogP contribution >= 0.6 is 0 Å². The van der Waals surface area contributed by atoms with Crippen molar-refractivity contribution in [1.29, 1.82) is 0 Å². The van der Waals surface area contributed by atoms with Gasteiger partial charge in [0.15, 0.2) is 0 Å². The van der Waals surface area contributed by atoms with Crippen molar-refractivity contribution in [2.75, 3.05) is 0 Å². The first-order valence-electron chi connectivity index (χ1n) is 5.03. The van der Waals surface area contributed by atoms with Crippen molar-refractivity contribution < 1.29 is 9.53 Å². The Labute approximate surface area is 79.0 Å². The van der Waals surface area contributed by atoms with E-state index >= 15 is 0 Å². The van der Waals surface area contributed by atoms with Crippen LogP contribution in [-0.2, 0) is 9.53 Å². The molecular weight excluding hydrogens is 164 g/mol. The minimum Gasteiger partial charge on any atom is -0.459 e. The fraction of sp³-hybridized carbons (Fsp3) is 0.727. The summed E-state index contributed by atoms with van der Waals surface area (Å²) in [6.07, 6.45) is 5.10. The summed E-state index contributed by atoms with van der Waals surface area (Å²) in [5.41, 5.74) is 0. The molecule has 0 saturated heterocycles. The summed E-state index contributed by atoms with van der Waals surface area (Å²) < 4.78 is 5.31. The Bertz CT molecular complexity index is 234. The average Bonchev–Trinajstić information content (AvgIpc) is 2.62. The molecule has 2 saturated carbocycles. The third kappa shape index (κ3) is 1.50. The summed E-state index contributed by atoms with van der Waals surface area (Å²) in [6, 6.07) is 0. The standard InChI is InChI=1S/C11H16O2/c1-3-11(12)13-10-6-8-4-7(2)9(10)5-8/h3,7-10H,1,4-6H2,2H3. The van der Waals surface area contributed by atoms with Crippen LogP contribution in [0.4, 0.5) is 0 Å². The summed E-state index contributed by atoms with van der Waals surface area (Å²) in [4.78, 5) is 11.0. The van der Waals surface area contributed by atoms with Gasteiger partial charge in [-0.05, 0) is 37.0 Å². The summed E-state index contributed by atoms with van der Waals surface area (Å²) >= 11 is 0. The Morgan fingerprint density at radius 3 is 2.77 bits per heavy atom. The van der Waals surface area contributed by atoms with E-state index < -0.39 is 0 Å². The van der Waals surface area contributed by atoms with Crippen LogP contribution < -0.4 is 0 Å². The molecule has 0 heterocycles.